The summed E-state index contributed by atoms with van der Waals surface area (Å²) >= 11 is 0. The highest BCUT2D eigenvalue weighted by atomic mass is 16.4. The molecule has 0 bridgehead atoms. The van der Waals surface area contributed by atoms with Crippen molar-refractivity contribution in [2.24, 2.45) is 0 Å². The van der Waals surface area contributed by atoms with Gasteiger partial charge in [-0.2, -0.15) is 0 Å². The van der Waals surface area contributed by atoms with Gasteiger partial charge in [-0.05, 0) is 45.2 Å². The molecule has 57 heavy (non-hydrogen) atoms. The summed E-state index contributed by atoms with van der Waals surface area (Å²) in [7, 11) is 0. The number of nitrogens with zero attached hydrogens (tertiary/aromatic N) is 1. The van der Waals surface area contributed by atoms with E-state index in [0.717, 1.165) is 70.9 Å². The van der Waals surface area contributed by atoms with E-state index in [0.29, 0.717) is 25.9 Å². The Bertz CT molecular complexity index is 876. The monoisotopic (exact) mass is 809 g/mol. The van der Waals surface area contributed by atoms with Crippen molar-refractivity contribution in [3.63, 3.8) is 0 Å². The zero-order valence-electron chi connectivity index (χ0n) is 37.3. The molecular weight excluding hydrogens is 717 g/mol. The van der Waals surface area contributed by atoms with Gasteiger partial charge in [0.05, 0.1) is 0 Å². The van der Waals surface area contributed by atoms with Gasteiger partial charge in [0.25, 0.3) is 0 Å². The molecule has 4 amide bonds. The zero-order valence-corrected chi connectivity index (χ0v) is 37.3. The average molecular weight is 809 g/mol. The topological polar surface area (TPSA) is 152 Å². The molecule has 6 N–H and O–H groups in total. The summed E-state index contributed by atoms with van der Waals surface area (Å²) in [6, 6.07) is 0. The van der Waals surface area contributed by atoms with Gasteiger partial charge in [0.15, 0.2) is 0 Å². The van der Waals surface area contributed by atoms with E-state index in [1.165, 1.54) is 159 Å². The molecule has 11 heteroatoms. The second kappa shape index (κ2) is 44.7. The Labute approximate surface area is 350 Å². The van der Waals surface area contributed by atoms with Crippen molar-refractivity contribution in [1.82, 2.24) is 31.9 Å². The van der Waals surface area contributed by atoms with Gasteiger partial charge in [0, 0.05) is 25.9 Å². The summed E-state index contributed by atoms with van der Waals surface area (Å²) in [4.78, 5) is 49.0. The van der Waals surface area contributed by atoms with E-state index in [2.05, 4.69) is 40.6 Å². The minimum Gasteiger partial charge on any atom is -0.465 e. The summed E-state index contributed by atoms with van der Waals surface area (Å²) in [6.45, 7) is 6.80. The number of carboxylic acid groups (broad SMARTS) is 1. The molecule has 0 aliphatic carbocycles. The lowest BCUT2D eigenvalue weighted by Gasteiger charge is -2.23. The summed E-state index contributed by atoms with van der Waals surface area (Å²) in [5.74, 6) is -0.633. The van der Waals surface area contributed by atoms with E-state index < -0.39 is 6.09 Å². The first-order valence-corrected chi connectivity index (χ1v) is 24.2. The largest absolute Gasteiger partial charge is 0.465 e. The van der Waals surface area contributed by atoms with Crippen LogP contribution in [0.3, 0.4) is 0 Å². The van der Waals surface area contributed by atoms with Crippen LogP contribution in [0.15, 0.2) is 0 Å². The van der Waals surface area contributed by atoms with Crippen LogP contribution in [-0.2, 0) is 14.4 Å². The number of hydrazine groups is 2. The van der Waals surface area contributed by atoms with Crippen LogP contribution in [0.2, 0.25) is 0 Å². The van der Waals surface area contributed by atoms with Crippen LogP contribution in [-0.4, -0.2) is 66.8 Å². The third-order valence-electron chi connectivity index (χ3n) is 10.7. The maximum absolute atomic E-state index is 12.8. The molecule has 0 spiro atoms. The molecule has 0 atom stereocenters. The lowest BCUT2D eigenvalue weighted by Crippen LogP contribution is -2.56. The second-order valence-electron chi connectivity index (χ2n) is 16.4. The third-order valence-corrected chi connectivity index (χ3v) is 10.7. The lowest BCUT2D eigenvalue weighted by atomic mass is 10.0. The minimum atomic E-state index is -1.01. The fraction of sp³-hybridized carbons (Fsp3) is 0.913. The van der Waals surface area contributed by atoms with Gasteiger partial charge >= 0.3 is 6.09 Å². The molecule has 0 saturated carbocycles. The van der Waals surface area contributed by atoms with Crippen molar-refractivity contribution >= 4 is 23.8 Å². The molecule has 0 aliphatic heterocycles. The smallest absolute Gasteiger partial charge is 0.404 e. The number of hydrogen-bond donors (Lipinski definition) is 6. The molecule has 0 aromatic rings. The molecule has 0 rings (SSSR count). The second-order valence-corrected chi connectivity index (χ2v) is 16.4. The fourth-order valence-corrected chi connectivity index (χ4v) is 7.17. The number of nitrogens with one attached hydrogen (secondary N) is 5. The Balaban J connectivity index is 4.31. The van der Waals surface area contributed by atoms with Gasteiger partial charge in [0.1, 0.15) is 6.54 Å². The highest BCUT2D eigenvalue weighted by molar-refractivity contribution is 5.81. The van der Waals surface area contributed by atoms with Crippen LogP contribution in [0.4, 0.5) is 4.79 Å². The van der Waals surface area contributed by atoms with Gasteiger partial charge in [-0.3, -0.25) is 25.2 Å². The van der Waals surface area contributed by atoms with E-state index in [1.807, 2.05) is 0 Å². The molecule has 0 aromatic carbocycles. The Morgan fingerprint density at radius 2 is 0.684 bits per heavy atom. The molecule has 0 heterocycles. The lowest BCUT2D eigenvalue weighted by molar-refractivity contribution is -0.136. The first-order chi connectivity index (χ1) is 27.9. The molecule has 0 unspecified atom stereocenters. The van der Waals surface area contributed by atoms with Crippen LogP contribution in [0.5, 0.6) is 0 Å². The van der Waals surface area contributed by atoms with Crippen molar-refractivity contribution in [2.45, 2.75) is 239 Å². The maximum atomic E-state index is 12.8. The first-order valence-electron chi connectivity index (χ1n) is 24.2. The summed E-state index contributed by atoms with van der Waals surface area (Å²) < 4.78 is 0. The average Bonchev–Trinajstić information content (AvgIpc) is 3.18. The van der Waals surface area contributed by atoms with Gasteiger partial charge in [0.2, 0.25) is 17.7 Å². The van der Waals surface area contributed by atoms with E-state index in [1.54, 1.807) is 0 Å². The van der Waals surface area contributed by atoms with Crippen LogP contribution in [0.25, 0.3) is 0 Å². The molecule has 0 saturated heterocycles. The maximum Gasteiger partial charge on any atom is 0.404 e. The molecule has 11 nitrogen and oxygen atoms in total. The van der Waals surface area contributed by atoms with Crippen molar-refractivity contribution in [3.05, 3.63) is 0 Å². The summed E-state index contributed by atoms with van der Waals surface area (Å²) in [6.07, 6.45) is 40.1. The Morgan fingerprint density at radius 1 is 0.368 bits per heavy atom. The van der Waals surface area contributed by atoms with Gasteiger partial charge in [-0.15, -0.1) is 5.12 Å². The van der Waals surface area contributed by atoms with Gasteiger partial charge in [-0.1, -0.05) is 194 Å². The number of rotatable bonds is 45. The number of amides is 4. The van der Waals surface area contributed by atoms with Crippen LogP contribution < -0.4 is 26.8 Å². The van der Waals surface area contributed by atoms with Crippen molar-refractivity contribution in [1.29, 1.82) is 0 Å². The third kappa shape index (κ3) is 44.5. The Hall–Kier alpha value is -2.40. The molecule has 0 aromatic heterocycles. The summed E-state index contributed by atoms with van der Waals surface area (Å²) in [5, 5.41) is 18.4. The van der Waals surface area contributed by atoms with Crippen LogP contribution >= 0.6 is 0 Å². The standard InChI is InChI=1S/C46H92N6O5/c1-3-5-7-9-11-13-15-17-19-21-23-25-27-29-31-36-43(53)50-52(42-45(55)48-40-34-33-38-47-39-35-41-49-46(56)57)51-44(54)37-32-30-28-26-24-22-20-18-16-14-12-10-8-6-4-2/h47,49H,3-42H2,1-2H3,(H,48,55)(H,50,53)(H,51,54)(H,56,57). The Kier molecular flexibility index (Phi) is 42.8. The number of hydrogen-bond acceptors (Lipinski definition) is 6. The summed E-state index contributed by atoms with van der Waals surface area (Å²) in [5.41, 5.74) is 5.55. The number of carbonyl (C=O) groups is 4. The van der Waals surface area contributed by atoms with Crippen molar-refractivity contribution in [2.75, 3.05) is 32.7 Å². The van der Waals surface area contributed by atoms with E-state index in [9.17, 15) is 19.2 Å². The van der Waals surface area contributed by atoms with Crippen LogP contribution in [0, 0.1) is 0 Å². The predicted molar refractivity (Wildman–Crippen MR) is 238 cm³/mol. The fourth-order valence-electron chi connectivity index (χ4n) is 7.17. The normalized spacial score (nSPS) is 11.2. The van der Waals surface area contributed by atoms with E-state index in [4.69, 9.17) is 5.11 Å². The van der Waals surface area contributed by atoms with Crippen LogP contribution in [0.1, 0.15) is 239 Å². The van der Waals surface area contributed by atoms with Gasteiger partial charge in [-0.25, -0.2) is 4.79 Å². The SMILES string of the molecule is CCCCCCCCCCCCCCCCCC(=O)NN(CC(=O)NCCCCNCCCNC(=O)O)NC(=O)CCCCCCCCCCCCCCCCC. The van der Waals surface area contributed by atoms with E-state index in [-0.39, 0.29) is 24.3 Å². The quantitative estimate of drug-likeness (QED) is 0.0265. The van der Waals surface area contributed by atoms with Gasteiger partial charge < -0.3 is 21.1 Å². The number of carbonyl (C=O) groups excluding carboxylic acids is 3. The Morgan fingerprint density at radius 3 is 1.05 bits per heavy atom. The molecule has 336 valence electrons. The minimum absolute atomic E-state index is 0.149. The van der Waals surface area contributed by atoms with Crippen molar-refractivity contribution in [3.8, 4) is 0 Å². The highest BCUT2D eigenvalue weighted by Gasteiger charge is 2.16. The van der Waals surface area contributed by atoms with E-state index >= 15 is 0 Å². The zero-order chi connectivity index (χ0) is 41.7. The first kappa shape index (κ1) is 54.6. The highest BCUT2D eigenvalue weighted by Crippen LogP contribution is 2.15. The molecule has 0 aliphatic rings. The number of unbranched alkanes of at least 4 members (excludes halogenated alkanes) is 29. The van der Waals surface area contributed by atoms with Crippen molar-refractivity contribution < 1.29 is 24.3 Å². The molecule has 0 fully saturated rings. The molecule has 0 radical (unpaired) electrons. The molecular formula is C46H92N6O5. The predicted octanol–water partition coefficient (Wildman–Crippen LogP) is 11.0.